The number of fused-ring (bicyclic) bond motifs is 1. The number of rotatable bonds is 3. The average Bonchev–Trinajstić information content (AvgIpc) is 2.87. The van der Waals surface area contributed by atoms with Gasteiger partial charge >= 0.3 is 5.97 Å². The molecule has 0 saturated heterocycles. The van der Waals surface area contributed by atoms with E-state index in [2.05, 4.69) is 24.0 Å². The van der Waals surface area contributed by atoms with Crippen molar-refractivity contribution in [3.05, 3.63) is 29.8 Å². The Bertz CT molecular complexity index is 500. The van der Waals surface area contributed by atoms with E-state index in [1.807, 2.05) is 12.1 Å². The Hall–Kier alpha value is -1.51. The van der Waals surface area contributed by atoms with Gasteiger partial charge in [0.25, 0.3) is 0 Å². The third kappa shape index (κ3) is 2.30. The predicted molar refractivity (Wildman–Crippen MR) is 80.1 cm³/mol. The average molecular weight is 273 g/mol. The molecule has 1 fully saturated rings. The van der Waals surface area contributed by atoms with Gasteiger partial charge in [0, 0.05) is 18.2 Å². The lowest BCUT2D eigenvalue weighted by Gasteiger charge is -2.39. The van der Waals surface area contributed by atoms with E-state index in [9.17, 15) is 9.90 Å². The summed E-state index contributed by atoms with van der Waals surface area (Å²) in [5.74, 6) is 0.0794. The number of carboxylic acids is 1. The van der Waals surface area contributed by atoms with Gasteiger partial charge in [-0.15, -0.1) is 0 Å². The van der Waals surface area contributed by atoms with Gasteiger partial charge in [-0.1, -0.05) is 44.4 Å². The molecule has 3 rings (SSSR count). The molecule has 0 radical (unpaired) electrons. The van der Waals surface area contributed by atoms with Gasteiger partial charge in [0.2, 0.25) is 0 Å². The Labute approximate surface area is 120 Å². The van der Waals surface area contributed by atoms with Crippen molar-refractivity contribution in [3.63, 3.8) is 0 Å². The molecule has 1 N–H and O–H groups in total. The topological polar surface area (TPSA) is 40.5 Å². The second-order valence-corrected chi connectivity index (χ2v) is 6.19. The van der Waals surface area contributed by atoms with Crippen LogP contribution in [0.4, 0.5) is 5.69 Å². The molecule has 0 spiro atoms. The van der Waals surface area contributed by atoms with Gasteiger partial charge in [-0.2, -0.15) is 0 Å². The summed E-state index contributed by atoms with van der Waals surface area (Å²) in [7, 11) is 0. The van der Waals surface area contributed by atoms with Gasteiger partial charge in [-0.3, -0.25) is 0 Å². The molecule has 0 aromatic heterocycles. The molecule has 2 aliphatic rings. The van der Waals surface area contributed by atoms with Crippen LogP contribution in [0.1, 0.15) is 44.6 Å². The molecule has 0 amide bonds. The van der Waals surface area contributed by atoms with E-state index in [1.54, 1.807) is 0 Å². The van der Waals surface area contributed by atoms with Crippen LogP contribution in [0.5, 0.6) is 0 Å². The zero-order chi connectivity index (χ0) is 14.1. The van der Waals surface area contributed by atoms with Crippen LogP contribution >= 0.6 is 0 Å². The zero-order valence-corrected chi connectivity index (χ0v) is 12.1. The Kier molecular flexibility index (Phi) is 3.68. The van der Waals surface area contributed by atoms with Crippen LogP contribution in [0.2, 0.25) is 0 Å². The van der Waals surface area contributed by atoms with Crippen LogP contribution in [0.25, 0.3) is 0 Å². The van der Waals surface area contributed by atoms with Crippen molar-refractivity contribution in [2.24, 2.45) is 5.92 Å². The summed E-state index contributed by atoms with van der Waals surface area (Å²) in [5, 5.41) is 9.57. The smallest absolute Gasteiger partial charge is 0.326 e. The van der Waals surface area contributed by atoms with Gasteiger partial charge in [0.15, 0.2) is 0 Å². The van der Waals surface area contributed by atoms with E-state index in [1.165, 1.54) is 24.8 Å². The van der Waals surface area contributed by atoms with Crippen LogP contribution in [0.3, 0.4) is 0 Å². The molecular weight excluding hydrogens is 250 g/mol. The molecule has 3 atom stereocenters. The third-order valence-corrected chi connectivity index (χ3v) is 5.03. The minimum absolute atomic E-state index is 0.368. The van der Waals surface area contributed by atoms with Gasteiger partial charge in [0.05, 0.1) is 0 Å². The minimum Gasteiger partial charge on any atom is -0.480 e. The number of aliphatic carboxylic acids is 1. The van der Waals surface area contributed by atoms with Gasteiger partial charge < -0.3 is 10.0 Å². The van der Waals surface area contributed by atoms with Crippen molar-refractivity contribution in [1.82, 2.24) is 0 Å². The Morgan fingerprint density at radius 3 is 2.90 bits per heavy atom. The number of carbonyl (C=O) groups is 1. The Balaban J connectivity index is 1.90. The molecular formula is C17H23NO2. The standard InChI is InChI=1S/C17H23NO2/c1-2-12-6-5-8-14(10-12)18-15-9-4-3-7-13(15)11-16(18)17(19)20/h3-4,7,9,12,14,16H,2,5-6,8,10-11H2,1H3,(H,19,20). The summed E-state index contributed by atoms with van der Waals surface area (Å²) in [4.78, 5) is 13.8. The SMILES string of the molecule is CCC1CCCC(N2c3ccccc3CC2C(=O)O)C1. The minimum atomic E-state index is -0.681. The van der Waals surface area contributed by atoms with E-state index >= 15 is 0 Å². The first-order chi connectivity index (χ1) is 9.70. The number of benzene rings is 1. The molecule has 108 valence electrons. The molecule has 1 aliphatic heterocycles. The first-order valence-corrected chi connectivity index (χ1v) is 7.79. The quantitative estimate of drug-likeness (QED) is 0.916. The maximum absolute atomic E-state index is 11.6. The number of nitrogens with zero attached hydrogens (tertiary/aromatic N) is 1. The van der Waals surface area contributed by atoms with Crippen LogP contribution in [0, 0.1) is 5.92 Å². The second kappa shape index (κ2) is 5.47. The molecule has 0 bridgehead atoms. The highest BCUT2D eigenvalue weighted by Crippen LogP contribution is 2.39. The Morgan fingerprint density at radius 1 is 1.35 bits per heavy atom. The summed E-state index contributed by atoms with van der Waals surface area (Å²) in [6, 6.07) is 8.23. The maximum Gasteiger partial charge on any atom is 0.326 e. The van der Waals surface area contributed by atoms with Crippen molar-refractivity contribution >= 4 is 11.7 Å². The van der Waals surface area contributed by atoms with E-state index in [0.717, 1.165) is 24.4 Å². The summed E-state index contributed by atoms with van der Waals surface area (Å²) in [5.41, 5.74) is 2.35. The molecule has 3 heteroatoms. The van der Waals surface area contributed by atoms with Crippen LogP contribution in [0.15, 0.2) is 24.3 Å². The first-order valence-electron chi connectivity index (χ1n) is 7.79. The van der Waals surface area contributed by atoms with E-state index in [4.69, 9.17) is 0 Å². The molecule has 3 nitrogen and oxygen atoms in total. The number of para-hydroxylation sites is 1. The van der Waals surface area contributed by atoms with E-state index in [-0.39, 0.29) is 6.04 Å². The van der Waals surface area contributed by atoms with Crippen LogP contribution < -0.4 is 4.90 Å². The predicted octanol–water partition coefficient (Wildman–Crippen LogP) is 3.47. The van der Waals surface area contributed by atoms with Crippen molar-refractivity contribution in [2.75, 3.05) is 4.90 Å². The number of hydrogen-bond donors (Lipinski definition) is 1. The first kappa shape index (κ1) is 13.5. The molecule has 1 aliphatic carbocycles. The molecule has 1 heterocycles. The largest absolute Gasteiger partial charge is 0.480 e. The monoisotopic (exact) mass is 273 g/mol. The maximum atomic E-state index is 11.6. The van der Waals surface area contributed by atoms with Crippen molar-refractivity contribution in [1.29, 1.82) is 0 Å². The lowest BCUT2D eigenvalue weighted by Crippen LogP contribution is -2.47. The van der Waals surface area contributed by atoms with Gasteiger partial charge in [-0.25, -0.2) is 4.79 Å². The normalized spacial score (nSPS) is 29.2. The molecule has 1 saturated carbocycles. The number of carboxylic acid groups (broad SMARTS) is 1. The fourth-order valence-electron chi connectivity index (χ4n) is 3.95. The Morgan fingerprint density at radius 2 is 2.15 bits per heavy atom. The van der Waals surface area contributed by atoms with Crippen molar-refractivity contribution < 1.29 is 9.90 Å². The highest BCUT2D eigenvalue weighted by molar-refractivity contribution is 5.82. The van der Waals surface area contributed by atoms with Crippen molar-refractivity contribution in [2.45, 2.75) is 57.5 Å². The lowest BCUT2D eigenvalue weighted by atomic mass is 9.83. The van der Waals surface area contributed by atoms with Crippen molar-refractivity contribution in [3.8, 4) is 0 Å². The zero-order valence-electron chi connectivity index (χ0n) is 12.1. The van der Waals surface area contributed by atoms with E-state index in [0.29, 0.717) is 12.5 Å². The van der Waals surface area contributed by atoms with Gasteiger partial charge in [0.1, 0.15) is 6.04 Å². The fourth-order valence-corrected chi connectivity index (χ4v) is 3.95. The van der Waals surface area contributed by atoms with Gasteiger partial charge in [-0.05, 0) is 30.4 Å². The highest BCUT2D eigenvalue weighted by atomic mass is 16.4. The summed E-state index contributed by atoms with van der Waals surface area (Å²) in [6.07, 6.45) is 6.68. The van der Waals surface area contributed by atoms with E-state index < -0.39 is 5.97 Å². The lowest BCUT2D eigenvalue weighted by molar-refractivity contribution is -0.138. The van der Waals surface area contributed by atoms with Crippen LogP contribution in [-0.4, -0.2) is 23.2 Å². The third-order valence-electron chi connectivity index (χ3n) is 5.03. The summed E-state index contributed by atoms with van der Waals surface area (Å²) >= 11 is 0. The highest BCUT2D eigenvalue weighted by Gasteiger charge is 2.39. The number of anilines is 1. The molecule has 20 heavy (non-hydrogen) atoms. The summed E-state index contributed by atoms with van der Waals surface area (Å²) in [6.45, 7) is 2.25. The van der Waals surface area contributed by atoms with Crippen LogP contribution in [-0.2, 0) is 11.2 Å². The second-order valence-electron chi connectivity index (χ2n) is 6.19. The summed E-state index contributed by atoms with van der Waals surface area (Å²) < 4.78 is 0. The molecule has 1 aromatic carbocycles. The molecule has 1 aromatic rings. The molecule has 3 unspecified atom stereocenters. The number of hydrogen-bond acceptors (Lipinski definition) is 2. The fraction of sp³-hybridized carbons (Fsp3) is 0.588.